The van der Waals surface area contributed by atoms with Gasteiger partial charge in [-0.2, -0.15) is 0 Å². The molecule has 0 atom stereocenters. The lowest BCUT2D eigenvalue weighted by atomic mass is 10.1. The summed E-state index contributed by atoms with van der Waals surface area (Å²) in [6.45, 7) is 0.545. The number of hydrogen-bond donors (Lipinski definition) is 2. The monoisotopic (exact) mass is 294 g/mol. The Balaban J connectivity index is 2.08. The van der Waals surface area contributed by atoms with Crippen molar-refractivity contribution in [3.05, 3.63) is 70.5 Å². The number of hydrogen-bond acceptors (Lipinski definition) is 2. The average molecular weight is 294 g/mol. The summed E-state index contributed by atoms with van der Waals surface area (Å²) >= 11 is 0. The van der Waals surface area contributed by atoms with E-state index in [0.29, 0.717) is 18.7 Å². The third kappa shape index (κ3) is 3.61. The fraction of sp³-hybridized carbons (Fsp3) is 0.133. The van der Waals surface area contributed by atoms with E-state index in [0.717, 1.165) is 11.1 Å². The predicted molar refractivity (Wildman–Crippen MR) is 71.8 cm³/mol. The smallest absolute Gasteiger partial charge is 0.251 e. The quantitative estimate of drug-likeness (QED) is 0.851. The van der Waals surface area contributed by atoms with Crippen LogP contribution < -0.4 is 11.1 Å². The van der Waals surface area contributed by atoms with Gasteiger partial charge in [-0.05, 0) is 23.3 Å². The summed E-state index contributed by atoms with van der Waals surface area (Å²) in [7, 11) is 0. The van der Waals surface area contributed by atoms with Gasteiger partial charge < -0.3 is 11.1 Å². The molecule has 0 unspecified atom stereocenters. The van der Waals surface area contributed by atoms with Gasteiger partial charge in [0.25, 0.3) is 5.91 Å². The second-order valence-corrected chi connectivity index (χ2v) is 4.46. The highest BCUT2D eigenvalue weighted by Gasteiger charge is 2.14. The van der Waals surface area contributed by atoms with Crippen molar-refractivity contribution in [1.82, 2.24) is 5.32 Å². The van der Waals surface area contributed by atoms with Gasteiger partial charge in [0.05, 0.1) is 0 Å². The molecule has 0 bridgehead atoms. The van der Waals surface area contributed by atoms with Crippen LogP contribution in [0.15, 0.2) is 36.4 Å². The molecule has 0 aromatic heterocycles. The van der Waals surface area contributed by atoms with E-state index in [1.807, 2.05) is 12.1 Å². The van der Waals surface area contributed by atoms with Crippen LogP contribution in [-0.2, 0) is 13.1 Å². The van der Waals surface area contributed by atoms with Gasteiger partial charge in [0, 0.05) is 18.7 Å². The number of nitrogens with two attached hydrogens (primary N) is 1. The van der Waals surface area contributed by atoms with Crippen molar-refractivity contribution in [3.63, 3.8) is 0 Å². The lowest BCUT2D eigenvalue weighted by molar-refractivity contribution is 0.0949. The molecule has 110 valence electrons. The van der Waals surface area contributed by atoms with Crippen molar-refractivity contribution in [2.75, 3.05) is 0 Å². The number of carbonyl (C=O) groups is 1. The summed E-state index contributed by atoms with van der Waals surface area (Å²) in [5, 5.41) is 2.50. The SMILES string of the molecule is NCc1cccc(CNC(=O)c2cc(F)c(F)c(F)c2)c1. The van der Waals surface area contributed by atoms with E-state index >= 15 is 0 Å². The van der Waals surface area contributed by atoms with Crippen LogP contribution in [0.25, 0.3) is 0 Å². The second-order valence-electron chi connectivity index (χ2n) is 4.46. The van der Waals surface area contributed by atoms with E-state index in [1.165, 1.54) is 0 Å². The maximum absolute atomic E-state index is 13.1. The molecule has 2 aromatic carbocycles. The molecule has 1 amide bonds. The molecule has 0 saturated carbocycles. The molecule has 3 nitrogen and oxygen atoms in total. The van der Waals surface area contributed by atoms with Crippen LogP contribution in [0.2, 0.25) is 0 Å². The van der Waals surface area contributed by atoms with Crippen molar-refractivity contribution in [2.45, 2.75) is 13.1 Å². The highest BCUT2D eigenvalue weighted by molar-refractivity contribution is 5.94. The zero-order valence-electron chi connectivity index (χ0n) is 11.0. The highest BCUT2D eigenvalue weighted by Crippen LogP contribution is 2.13. The van der Waals surface area contributed by atoms with Crippen LogP contribution in [0.1, 0.15) is 21.5 Å². The van der Waals surface area contributed by atoms with Crippen molar-refractivity contribution in [1.29, 1.82) is 0 Å². The summed E-state index contributed by atoms with van der Waals surface area (Å²) in [4.78, 5) is 11.8. The van der Waals surface area contributed by atoms with Gasteiger partial charge in [-0.1, -0.05) is 24.3 Å². The molecule has 0 saturated heterocycles. The van der Waals surface area contributed by atoms with Gasteiger partial charge in [0.2, 0.25) is 0 Å². The number of benzene rings is 2. The van der Waals surface area contributed by atoms with E-state index in [4.69, 9.17) is 5.73 Å². The van der Waals surface area contributed by atoms with Crippen LogP contribution in [0.5, 0.6) is 0 Å². The first kappa shape index (κ1) is 15.1. The Morgan fingerprint density at radius 1 is 1.05 bits per heavy atom. The molecule has 0 aliphatic rings. The Morgan fingerprint density at radius 2 is 1.67 bits per heavy atom. The predicted octanol–water partition coefficient (Wildman–Crippen LogP) is 2.49. The molecule has 0 heterocycles. The lowest BCUT2D eigenvalue weighted by Gasteiger charge is -2.07. The molecular weight excluding hydrogens is 281 g/mol. The van der Waals surface area contributed by atoms with Gasteiger partial charge >= 0.3 is 0 Å². The minimum absolute atomic E-state index is 0.174. The minimum Gasteiger partial charge on any atom is -0.348 e. The van der Waals surface area contributed by atoms with Crippen LogP contribution in [0.4, 0.5) is 13.2 Å². The third-order valence-electron chi connectivity index (χ3n) is 2.93. The standard InChI is InChI=1S/C15H13F3N2O/c16-12-5-11(6-13(17)14(12)18)15(21)20-8-10-3-1-2-9(4-10)7-19/h1-6H,7-8,19H2,(H,20,21). The Hall–Kier alpha value is -2.34. The molecule has 21 heavy (non-hydrogen) atoms. The van der Waals surface area contributed by atoms with Gasteiger partial charge in [0.15, 0.2) is 17.5 Å². The van der Waals surface area contributed by atoms with Crippen LogP contribution in [0.3, 0.4) is 0 Å². The number of nitrogens with one attached hydrogen (secondary N) is 1. The topological polar surface area (TPSA) is 55.1 Å². The summed E-state index contributed by atoms with van der Waals surface area (Å²) in [6, 6.07) is 8.54. The molecule has 0 radical (unpaired) electrons. The molecule has 0 fully saturated rings. The van der Waals surface area contributed by atoms with Crippen molar-refractivity contribution >= 4 is 5.91 Å². The second kappa shape index (κ2) is 6.41. The normalized spacial score (nSPS) is 10.5. The summed E-state index contributed by atoms with van der Waals surface area (Å²) < 4.78 is 38.9. The van der Waals surface area contributed by atoms with Crippen molar-refractivity contribution in [2.24, 2.45) is 5.73 Å². The van der Waals surface area contributed by atoms with Gasteiger partial charge in [-0.25, -0.2) is 13.2 Å². The largest absolute Gasteiger partial charge is 0.348 e. The molecule has 0 spiro atoms. The molecule has 2 aromatic rings. The molecule has 0 aliphatic heterocycles. The molecule has 2 rings (SSSR count). The Kier molecular flexibility index (Phi) is 4.59. The molecule has 0 aliphatic carbocycles. The number of halogens is 3. The zero-order chi connectivity index (χ0) is 15.4. The third-order valence-corrected chi connectivity index (χ3v) is 2.93. The van der Waals surface area contributed by atoms with E-state index in [-0.39, 0.29) is 12.1 Å². The number of rotatable bonds is 4. The zero-order valence-corrected chi connectivity index (χ0v) is 11.0. The van der Waals surface area contributed by atoms with Crippen LogP contribution in [-0.4, -0.2) is 5.91 Å². The minimum atomic E-state index is -1.60. The molecule has 3 N–H and O–H groups in total. The first-order valence-corrected chi connectivity index (χ1v) is 6.22. The van der Waals surface area contributed by atoms with E-state index in [9.17, 15) is 18.0 Å². The Labute approximate surface area is 119 Å². The molecular formula is C15H13F3N2O. The fourth-order valence-electron chi connectivity index (χ4n) is 1.84. The maximum Gasteiger partial charge on any atom is 0.251 e. The summed E-state index contributed by atoms with van der Waals surface area (Å²) in [5.74, 6) is -5.08. The first-order valence-electron chi connectivity index (χ1n) is 6.22. The maximum atomic E-state index is 13.1. The van der Waals surface area contributed by atoms with Gasteiger partial charge in [0.1, 0.15) is 0 Å². The van der Waals surface area contributed by atoms with E-state index in [1.54, 1.807) is 12.1 Å². The Morgan fingerprint density at radius 3 is 2.29 bits per heavy atom. The van der Waals surface area contributed by atoms with Gasteiger partial charge in [-0.15, -0.1) is 0 Å². The van der Waals surface area contributed by atoms with E-state index < -0.39 is 23.4 Å². The fourth-order valence-corrected chi connectivity index (χ4v) is 1.84. The van der Waals surface area contributed by atoms with Crippen LogP contribution >= 0.6 is 0 Å². The Bertz CT molecular complexity index is 651. The number of amides is 1. The lowest BCUT2D eigenvalue weighted by Crippen LogP contribution is -2.23. The van der Waals surface area contributed by atoms with Crippen molar-refractivity contribution in [3.8, 4) is 0 Å². The highest BCUT2D eigenvalue weighted by atomic mass is 19.2. The molecule has 6 heteroatoms. The first-order chi connectivity index (χ1) is 10.0. The number of carbonyl (C=O) groups excluding carboxylic acids is 1. The summed E-state index contributed by atoms with van der Waals surface area (Å²) in [6.07, 6.45) is 0. The van der Waals surface area contributed by atoms with Crippen LogP contribution in [0, 0.1) is 17.5 Å². The van der Waals surface area contributed by atoms with E-state index in [2.05, 4.69) is 5.32 Å². The average Bonchev–Trinajstić information content (AvgIpc) is 2.50. The summed E-state index contributed by atoms with van der Waals surface area (Å²) in [5.41, 5.74) is 6.93. The van der Waals surface area contributed by atoms with Gasteiger partial charge in [-0.3, -0.25) is 4.79 Å². The van der Waals surface area contributed by atoms with Crippen molar-refractivity contribution < 1.29 is 18.0 Å².